The van der Waals surface area contributed by atoms with Crippen LogP contribution in [0.4, 0.5) is 85.3 Å². The van der Waals surface area contributed by atoms with Crippen molar-refractivity contribution in [3.05, 3.63) is 308 Å². The molecular formula is C72H63N5. The van der Waals surface area contributed by atoms with Crippen LogP contribution < -0.4 is 24.5 Å². The number of aryl methyl sites for hydroxylation is 2. The number of hydrogen-bond donors (Lipinski definition) is 0. The number of hydrogen-bond acceptors (Lipinski definition) is 5. The van der Waals surface area contributed by atoms with Crippen LogP contribution in [0.3, 0.4) is 0 Å². The normalized spacial score (nSPS) is 11.2. The van der Waals surface area contributed by atoms with E-state index in [0.717, 1.165) is 85.3 Å². The largest absolute Gasteiger partial charge is 0.310 e. The molecule has 0 heterocycles. The third-order valence-corrected chi connectivity index (χ3v) is 14.1. The second-order valence-electron chi connectivity index (χ2n) is 20.5. The lowest BCUT2D eigenvalue weighted by atomic mass is 9.86. The summed E-state index contributed by atoms with van der Waals surface area (Å²) >= 11 is 0. The zero-order chi connectivity index (χ0) is 52.7. The monoisotopic (exact) mass is 998 g/mol. The Morgan fingerprint density at radius 3 is 0.714 bits per heavy atom. The van der Waals surface area contributed by atoms with Crippen molar-refractivity contribution < 1.29 is 0 Å². The first kappa shape index (κ1) is 49.6. The summed E-state index contributed by atoms with van der Waals surface area (Å²) in [6, 6.07) is 105. The molecule has 0 N–H and O–H groups in total. The zero-order valence-corrected chi connectivity index (χ0v) is 44.4. The maximum Gasteiger partial charge on any atom is 0.0503 e. The van der Waals surface area contributed by atoms with Gasteiger partial charge in [0, 0.05) is 68.2 Å². The molecule has 77 heavy (non-hydrogen) atoms. The van der Waals surface area contributed by atoms with E-state index in [-0.39, 0.29) is 5.41 Å². The molecule has 0 unspecified atom stereocenters. The third kappa shape index (κ3) is 10.7. The van der Waals surface area contributed by atoms with Crippen molar-refractivity contribution in [2.45, 2.75) is 40.0 Å². The highest BCUT2D eigenvalue weighted by Gasteiger charge is 2.26. The smallest absolute Gasteiger partial charge is 0.0503 e. The summed E-state index contributed by atoms with van der Waals surface area (Å²) in [4.78, 5) is 12.0. The van der Waals surface area contributed by atoms with Gasteiger partial charge in [0.25, 0.3) is 0 Å². The molecule has 0 amide bonds. The summed E-state index contributed by atoms with van der Waals surface area (Å²) in [5, 5.41) is 0. The molecule has 0 saturated carbocycles. The first-order chi connectivity index (χ1) is 37.7. The fourth-order valence-electron chi connectivity index (χ4n) is 10.3. The minimum atomic E-state index is -0.168. The van der Waals surface area contributed by atoms with Gasteiger partial charge in [-0.25, -0.2) is 0 Å². The third-order valence-electron chi connectivity index (χ3n) is 14.1. The highest BCUT2D eigenvalue weighted by Crippen LogP contribution is 2.49. The molecule has 0 bridgehead atoms. The van der Waals surface area contributed by atoms with E-state index >= 15 is 0 Å². The van der Waals surface area contributed by atoms with Crippen molar-refractivity contribution in [2.24, 2.45) is 0 Å². The van der Waals surface area contributed by atoms with E-state index in [9.17, 15) is 0 Å². The van der Waals surface area contributed by atoms with Gasteiger partial charge in [-0.2, -0.15) is 0 Å². The van der Waals surface area contributed by atoms with Crippen LogP contribution in [0, 0.1) is 13.8 Å². The molecule has 0 radical (unpaired) electrons. The van der Waals surface area contributed by atoms with Crippen LogP contribution in [0.25, 0.3) is 0 Å². The molecule has 0 aromatic heterocycles. The highest BCUT2D eigenvalue weighted by molar-refractivity contribution is 5.92. The van der Waals surface area contributed by atoms with Gasteiger partial charge in [-0.1, -0.05) is 172 Å². The van der Waals surface area contributed by atoms with E-state index in [2.05, 4.69) is 350 Å². The number of benzene rings is 11. The van der Waals surface area contributed by atoms with Crippen molar-refractivity contribution in [1.29, 1.82) is 0 Å². The lowest BCUT2D eigenvalue weighted by molar-refractivity contribution is 0.590. The minimum Gasteiger partial charge on any atom is -0.310 e. The molecule has 11 aromatic rings. The Morgan fingerprint density at radius 2 is 0.429 bits per heavy atom. The molecule has 376 valence electrons. The van der Waals surface area contributed by atoms with Gasteiger partial charge in [-0.05, 0) is 175 Å². The van der Waals surface area contributed by atoms with Crippen molar-refractivity contribution in [2.75, 3.05) is 24.5 Å². The quantitative estimate of drug-likeness (QED) is 0.101. The Hall–Kier alpha value is -9.58. The molecule has 0 fully saturated rings. The number of para-hydroxylation sites is 8. The lowest BCUT2D eigenvalue weighted by Crippen LogP contribution is -2.18. The molecule has 11 aromatic carbocycles. The van der Waals surface area contributed by atoms with E-state index < -0.39 is 0 Å². The van der Waals surface area contributed by atoms with Crippen molar-refractivity contribution in [1.82, 2.24) is 0 Å². The summed E-state index contributed by atoms with van der Waals surface area (Å²) < 4.78 is 0. The van der Waals surface area contributed by atoms with E-state index in [1.807, 2.05) is 0 Å². The molecule has 0 atom stereocenters. The van der Waals surface area contributed by atoms with Crippen LogP contribution in [0.5, 0.6) is 0 Å². The Balaban J connectivity index is 1.16. The molecule has 0 aliphatic heterocycles. The SMILES string of the molecule is Cc1ccccc1N(c1cc(N(c2ccccc2)c2ccccc2)cc(N(c2ccccc2)c2cccc(N(c3ccccc3)c3cc(N(c4ccccc4)c4ccccc4)cc(C(C)(C)C)c3)c2)c1)c1ccccc1C. The molecule has 5 nitrogen and oxygen atoms in total. The molecule has 0 saturated heterocycles. The van der Waals surface area contributed by atoms with Gasteiger partial charge in [-0.15, -0.1) is 0 Å². The summed E-state index contributed by atoms with van der Waals surface area (Å²) in [5.41, 5.74) is 19.2. The van der Waals surface area contributed by atoms with Gasteiger partial charge >= 0.3 is 0 Å². The van der Waals surface area contributed by atoms with Crippen LogP contribution >= 0.6 is 0 Å². The van der Waals surface area contributed by atoms with Gasteiger partial charge < -0.3 is 24.5 Å². The van der Waals surface area contributed by atoms with Crippen molar-refractivity contribution in [3.8, 4) is 0 Å². The highest BCUT2D eigenvalue weighted by atomic mass is 15.2. The topological polar surface area (TPSA) is 16.2 Å². The summed E-state index contributed by atoms with van der Waals surface area (Å²) in [7, 11) is 0. The van der Waals surface area contributed by atoms with Gasteiger partial charge in [0.2, 0.25) is 0 Å². The molecule has 0 spiro atoms. The Morgan fingerprint density at radius 1 is 0.208 bits per heavy atom. The van der Waals surface area contributed by atoms with Crippen molar-refractivity contribution in [3.63, 3.8) is 0 Å². The molecule has 0 aliphatic carbocycles. The average Bonchev–Trinajstić information content (AvgIpc) is 3.51. The van der Waals surface area contributed by atoms with Gasteiger partial charge in [0.15, 0.2) is 0 Å². The first-order valence-corrected chi connectivity index (χ1v) is 26.5. The Labute approximate surface area is 455 Å². The first-order valence-electron chi connectivity index (χ1n) is 26.5. The summed E-state index contributed by atoms with van der Waals surface area (Å²) in [6.07, 6.45) is 0. The van der Waals surface area contributed by atoms with Gasteiger partial charge in [0.05, 0.1) is 17.1 Å². The van der Waals surface area contributed by atoms with E-state index in [0.29, 0.717) is 0 Å². The van der Waals surface area contributed by atoms with Gasteiger partial charge in [-0.3, -0.25) is 0 Å². The van der Waals surface area contributed by atoms with Crippen molar-refractivity contribution >= 4 is 85.3 Å². The van der Waals surface area contributed by atoms with Crippen LogP contribution in [0.1, 0.15) is 37.5 Å². The van der Waals surface area contributed by atoms with Crippen LogP contribution in [0.2, 0.25) is 0 Å². The maximum atomic E-state index is 2.43. The maximum absolute atomic E-state index is 2.43. The number of anilines is 15. The summed E-state index contributed by atoms with van der Waals surface area (Å²) in [5.74, 6) is 0. The second kappa shape index (κ2) is 22.1. The second-order valence-corrected chi connectivity index (χ2v) is 20.5. The molecular weight excluding hydrogens is 935 g/mol. The number of nitrogens with zero attached hydrogens (tertiary/aromatic N) is 5. The van der Waals surface area contributed by atoms with Gasteiger partial charge in [0.1, 0.15) is 0 Å². The Kier molecular flexibility index (Phi) is 14.2. The van der Waals surface area contributed by atoms with Crippen LogP contribution in [0.15, 0.2) is 291 Å². The van der Waals surface area contributed by atoms with Crippen LogP contribution in [-0.4, -0.2) is 0 Å². The van der Waals surface area contributed by atoms with E-state index in [4.69, 9.17) is 0 Å². The fraction of sp³-hybridized carbons (Fsp3) is 0.0833. The predicted molar refractivity (Wildman–Crippen MR) is 328 cm³/mol. The van der Waals surface area contributed by atoms with Crippen LogP contribution in [-0.2, 0) is 5.41 Å². The lowest BCUT2D eigenvalue weighted by Gasteiger charge is -2.34. The minimum absolute atomic E-state index is 0.168. The van der Waals surface area contributed by atoms with E-state index in [1.165, 1.54) is 16.7 Å². The zero-order valence-electron chi connectivity index (χ0n) is 44.4. The standard InChI is InChI=1S/C72H63N5/c1-54-29-24-26-45-70(54)77(71-46-27-25-30-55(71)2)69-52-67(74(59-35-16-8-17-36-59)60-37-18-9-19-38-60)51-68(53-69)76(62-41-22-11-23-42-62)64-44-28-43-63(49-64)75(61-39-20-10-21-40-61)66-48-56(72(3,4)5)47-65(50-66)73(57-31-12-6-13-32-57)58-33-14-7-15-34-58/h6-53H,1-5H3. The van der Waals surface area contributed by atoms with E-state index in [1.54, 1.807) is 0 Å². The molecule has 5 heteroatoms. The summed E-state index contributed by atoms with van der Waals surface area (Å²) in [6.45, 7) is 11.3. The molecule has 0 aliphatic rings. The average molecular weight is 998 g/mol. The predicted octanol–water partition coefficient (Wildman–Crippen LogP) is 20.9. The molecule has 11 rings (SSSR count). The number of rotatable bonds is 15. The fourth-order valence-corrected chi connectivity index (χ4v) is 10.3. The Bertz CT molecular complexity index is 3590.